The van der Waals surface area contributed by atoms with Gasteiger partial charge in [-0.25, -0.2) is 18.6 Å². The van der Waals surface area contributed by atoms with E-state index in [4.69, 9.17) is 39.5 Å². The average molecular weight is 435 g/mol. The molecule has 0 aliphatic heterocycles. The van der Waals surface area contributed by atoms with Gasteiger partial charge in [-0.05, 0) is 24.3 Å². The fourth-order valence-electron chi connectivity index (χ4n) is 2.21. The zero-order valence-corrected chi connectivity index (χ0v) is 15.3. The van der Waals surface area contributed by atoms with Crippen LogP contribution in [-0.4, -0.2) is 25.8 Å². The molecule has 0 aliphatic rings. The summed E-state index contributed by atoms with van der Waals surface area (Å²) in [5, 5.41) is 13.7. The van der Waals surface area contributed by atoms with Crippen molar-refractivity contribution in [3.05, 3.63) is 62.9 Å². The maximum Gasteiger partial charge on any atom is 0.357 e. The number of aromatic carboxylic acids is 1. The van der Waals surface area contributed by atoms with Crippen LogP contribution in [0.25, 0.3) is 5.69 Å². The first-order valence-electron chi connectivity index (χ1n) is 7.17. The van der Waals surface area contributed by atoms with Crippen LogP contribution in [0.15, 0.2) is 36.5 Å². The molecule has 0 fully saturated rings. The molecule has 0 saturated carbocycles. The molecule has 0 radical (unpaired) electrons. The smallest absolute Gasteiger partial charge is 0.357 e. The molecule has 140 valence electrons. The van der Waals surface area contributed by atoms with Crippen molar-refractivity contribution in [2.75, 3.05) is 0 Å². The summed E-state index contributed by atoms with van der Waals surface area (Å²) in [4.78, 5) is 15.3. The van der Waals surface area contributed by atoms with Gasteiger partial charge in [-0.1, -0.05) is 34.8 Å². The van der Waals surface area contributed by atoms with E-state index in [1.807, 2.05) is 0 Å². The predicted octanol–water partition coefficient (Wildman–Crippen LogP) is 5.66. The number of alkyl halides is 2. The third-order valence-electron chi connectivity index (χ3n) is 3.34. The minimum absolute atomic E-state index is 0.0525. The molecule has 1 N–H and O–H groups in total. The molecule has 0 amide bonds. The first kappa shape index (κ1) is 19.3. The van der Waals surface area contributed by atoms with E-state index < -0.39 is 29.5 Å². The number of carboxylic acid groups (broad SMARTS) is 1. The molecule has 3 rings (SSSR count). The normalized spacial score (nSPS) is 11.0. The fraction of sp³-hybridized carbons (Fsp3) is 0.0625. The standard InChI is InChI=1S/C16H8Cl3F2N3O3/c17-7-1-3-10(9(19)5-7)24-15(27-11-4-2-8(18)6-22-11)12(14(20)21)13(23-24)16(25)26/h1-6,14H,(H,25,26). The number of ether oxygens (including phenoxy) is 1. The highest BCUT2D eigenvalue weighted by atomic mass is 35.5. The molecule has 2 heterocycles. The number of carboxylic acids is 1. The Hall–Kier alpha value is -2.42. The SMILES string of the molecule is O=C(O)c1nn(-c2ccc(Cl)cc2Cl)c(Oc2ccc(Cl)cn2)c1C(F)F. The highest BCUT2D eigenvalue weighted by Gasteiger charge is 2.32. The summed E-state index contributed by atoms with van der Waals surface area (Å²) in [7, 11) is 0. The van der Waals surface area contributed by atoms with Gasteiger partial charge in [-0.15, -0.1) is 0 Å². The lowest BCUT2D eigenvalue weighted by Gasteiger charge is -2.11. The highest BCUT2D eigenvalue weighted by molar-refractivity contribution is 6.35. The molecule has 0 bridgehead atoms. The first-order valence-corrected chi connectivity index (χ1v) is 8.30. The van der Waals surface area contributed by atoms with Gasteiger partial charge in [0.05, 0.1) is 15.7 Å². The summed E-state index contributed by atoms with van der Waals surface area (Å²) in [6.07, 6.45) is -1.94. The quantitative estimate of drug-likeness (QED) is 0.561. The van der Waals surface area contributed by atoms with Crippen LogP contribution >= 0.6 is 34.8 Å². The molecule has 0 saturated heterocycles. The molecule has 11 heteroatoms. The molecule has 6 nitrogen and oxygen atoms in total. The Kier molecular flexibility index (Phi) is 5.50. The van der Waals surface area contributed by atoms with E-state index in [9.17, 15) is 18.7 Å². The van der Waals surface area contributed by atoms with Crippen LogP contribution in [0.3, 0.4) is 0 Å². The van der Waals surface area contributed by atoms with Gasteiger partial charge in [0.25, 0.3) is 6.43 Å². The van der Waals surface area contributed by atoms with E-state index >= 15 is 0 Å². The van der Waals surface area contributed by atoms with E-state index in [0.29, 0.717) is 10.0 Å². The Morgan fingerprint density at radius 1 is 1.15 bits per heavy atom. The fourth-order valence-corrected chi connectivity index (χ4v) is 2.81. The lowest BCUT2D eigenvalue weighted by molar-refractivity contribution is 0.0677. The maximum absolute atomic E-state index is 13.6. The van der Waals surface area contributed by atoms with Crippen LogP contribution in [-0.2, 0) is 0 Å². The lowest BCUT2D eigenvalue weighted by Crippen LogP contribution is -2.03. The zero-order valence-electron chi connectivity index (χ0n) is 13.0. The highest BCUT2D eigenvalue weighted by Crippen LogP contribution is 2.38. The van der Waals surface area contributed by atoms with E-state index in [0.717, 1.165) is 4.68 Å². The number of hydrogen-bond acceptors (Lipinski definition) is 4. The second-order valence-electron chi connectivity index (χ2n) is 5.10. The van der Waals surface area contributed by atoms with Crippen molar-refractivity contribution in [3.63, 3.8) is 0 Å². The molecule has 0 atom stereocenters. The number of aromatic nitrogens is 3. The third-order valence-corrected chi connectivity index (χ3v) is 4.10. The predicted molar refractivity (Wildman–Crippen MR) is 94.8 cm³/mol. The number of nitrogens with zero attached hydrogens (tertiary/aromatic N) is 3. The van der Waals surface area contributed by atoms with Crippen molar-refractivity contribution in [1.29, 1.82) is 0 Å². The first-order chi connectivity index (χ1) is 12.8. The van der Waals surface area contributed by atoms with Crippen LogP contribution in [0, 0.1) is 0 Å². The summed E-state index contributed by atoms with van der Waals surface area (Å²) >= 11 is 17.7. The third kappa shape index (κ3) is 3.97. The van der Waals surface area contributed by atoms with Gasteiger partial charge < -0.3 is 9.84 Å². The van der Waals surface area contributed by atoms with E-state index in [1.165, 1.54) is 36.5 Å². The number of pyridine rings is 1. The van der Waals surface area contributed by atoms with E-state index in [2.05, 4.69) is 10.1 Å². The van der Waals surface area contributed by atoms with Gasteiger partial charge in [-0.3, -0.25) is 0 Å². The average Bonchev–Trinajstić information content (AvgIpc) is 2.96. The Labute approximate surface area is 165 Å². The van der Waals surface area contributed by atoms with Crippen LogP contribution in [0.5, 0.6) is 11.8 Å². The largest absolute Gasteiger partial charge is 0.476 e. The van der Waals surface area contributed by atoms with Gasteiger partial charge in [0.2, 0.25) is 11.8 Å². The molecule has 2 aromatic heterocycles. The molecule has 1 aromatic carbocycles. The molecule has 3 aromatic rings. The second-order valence-corrected chi connectivity index (χ2v) is 6.38. The van der Waals surface area contributed by atoms with Gasteiger partial charge in [0.1, 0.15) is 5.56 Å². The van der Waals surface area contributed by atoms with Gasteiger partial charge >= 0.3 is 5.97 Å². The van der Waals surface area contributed by atoms with Crippen LogP contribution < -0.4 is 4.74 Å². The molecule has 0 unspecified atom stereocenters. The Balaban J connectivity index is 2.23. The molecular formula is C16H8Cl3F2N3O3. The number of rotatable bonds is 5. The van der Waals surface area contributed by atoms with E-state index in [1.54, 1.807) is 0 Å². The van der Waals surface area contributed by atoms with Crippen molar-refractivity contribution in [2.24, 2.45) is 0 Å². The van der Waals surface area contributed by atoms with E-state index in [-0.39, 0.29) is 16.6 Å². The molecule has 0 spiro atoms. The lowest BCUT2D eigenvalue weighted by atomic mass is 10.2. The van der Waals surface area contributed by atoms with Crippen molar-refractivity contribution < 1.29 is 23.4 Å². The van der Waals surface area contributed by atoms with Gasteiger partial charge in [0, 0.05) is 17.3 Å². The monoisotopic (exact) mass is 433 g/mol. The summed E-state index contributed by atoms with van der Waals surface area (Å²) < 4.78 is 33.5. The van der Waals surface area contributed by atoms with Gasteiger partial charge in [-0.2, -0.15) is 9.78 Å². The van der Waals surface area contributed by atoms with Crippen molar-refractivity contribution in [1.82, 2.24) is 14.8 Å². The molecule has 0 aliphatic carbocycles. The van der Waals surface area contributed by atoms with Crippen molar-refractivity contribution in [3.8, 4) is 17.4 Å². The Bertz CT molecular complexity index is 1010. The summed E-state index contributed by atoms with van der Waals surface area (Å²) in [5.74, 6) is -2.28. The van der Waals surface area contributed by atoms with Crippen LogP contribution in [0.4, 0.5) is 8.78 Å². The Morgan fingerprint density at radius 2 is 1.85 bits per heavy atom. The summed E-state index contributed by atoms with van der Waals surface area (Å²) in [6, 6.07) is 6.95. The summed E-state index contributed by atoms with van der Waals surface area (Å²) in [6.45, 7) is 0. The van der Waals surface area contributed by atoms with Crippen LogP contribution in [0.1, 0.15) is 22.5 Å². The van der Waals surface area contributed by atoms with Gasteiger partial charge in [0.15, 0.2) is 5.69 Å². The van der Waals surface area contributed by atoms with Crippen molar-refractivity contribution in [2.45, 2.75) is 6.43 Å². The summed E-state index contributed by atoms with van der Waals surface area (Å²) in [5.41, 5.74) is -1.69. The number of halogens is 5. The number of hydrogen-bond donors (Lipinski definition) is 1. The minimum atomic E-state index is -3.18. The van der Waals surface area contributed by atoms with Crippen molar-refractivity contribution >= 4 is 40.8 Å². The van der Waals surface area contributed by atoms with Crippen LogP contribution in [0.2, 0.25) is 15.1 Å². The number of carbonyl (C=O) groups is 1. The number of benzene rings is 1. The molecular weight excluding hydrogens is 427 g/mol. The maximum atomic E-state index is 13.6. The molecule has 27 heavy (non-hydrogen) atoms. The minimum Gasteiger partial charge on any atom is -0.476 e. The zero-order chi connectivity index (χ0) is 19.7. The Morgan fingerprint density at radius 3 is 2.41 bits per heavy atom. The topological polar surface area (TPSA) is 77.2 Å². The second kappa shape index (κ2) is 7.67.